The summed E-state index contributed by atoms with van der Waals surface area (Å²) in [4.78, 5) is 11.3. The van der Waals surface area contributed by atoms with Crippen LogP contribution < -0.4 is 5.32 Å². The second-order valence-electron chi connectivity index (χ2n) is 3.21. The van der Waals surface area contributed by atoms with Crippen molar-refractivity contribution in [2.24, 2.45) is 0 Å². The summed E-state index contributed by atoms with van der Waals surface area (Å²) in [5, 5.41) is 11.1. The van der Waals surface area contributed by atoms with Gasteiger partial charge in [-0.25, -0.2) is 0 Å². The van der Waals surface area contributed by atoms with Gasteiger partial charge >= 0.3 is 0 Å². The minimum Gasteiger partial charge on any atom is -0.395 e. The fourth-order valence-electron chi connectivity index (χ4n) is 1.21. The summed E-state index contributed by atoms with van der Waals surface area (Å²) in [6.07, 6.45) is 1.53. The molecule has 0 aliphatic rings. The first kappa shape index (κ1) is 11.5. The molecule has 0 saturated carbocycles. The lowest BCUT2D eigenvalue weighted by molar-refractivity contribution is -0.116. The van der Waals surface area contributed by atoms with Crippen LogP contribution in [0.2, 0.25) is 0 Å². The van der Waals surface area contributed by atoms with Crippen molar-refractivity contribution in [1.82, 2.24) is 5.32 Å². The number of allylic oxidation sites excluding steroid dienone is 1. The highest BCUT2D eigenvalue weighted by molar-refractivity contribution is 5.94. The molecule has 0 atom stereocenters. The van der Waals surface area contributed by atoms with Gasteiger partial charge in [-0.2, -0.15) is 0 Å². The minimum absolute atomic E-state index is 0.0377. The molecule has 0 aromatic heterocycles. The first-order valence-corrected chi connectivity index (χ1v) is 4.86. The first-order valence-electron chi connectivity index (χ1n) is 4.86. The van der Waals surface area contributed by atoms with E-state index in [4.69, 9.17) is 5.11 Å². The Morgan fingerprint density at radius 2 is 2.07 bits per heavy atom. The van der Waals surface area contributed by atoms with Crippen LogP contribution in [0.25, 0.3) is 5.57 Å². The number of rotatable bonds is 4. The maximum absolute atomic E-state index is 11.3. The number of aliphatic hydroxyl groups is 1. The van der Waals surface area contributed by atoms with Crippen molar-refractivity contribution in [3.63, 3.8) is 0 Å². The second-order valence-corrected chi connectivity index (χ2v) is 3.21. The van der Waals surface area contributed by atoms with Gasteiger partial charge in [0.2, 0.25) is 5.91 Å². The number of amides is 1. The van der Waals surface area contributed by atoms with E-state index in [0.29, 0.717) is 0 Å². The van der Waals surface area contributed by atoms with Gasteiger partial charge in [0.05, 0.1) is 6.61 Å². The largest absolute Gasteiger partial charge is 0.395 e. The molecule has 3 heteroatoms. The topological polar surface area (TPSA) is 49.3 Å². The van der Waals surface area contributed by atoms with Gasteiger partial charge in [-0.05, 0) is 18.1 Å². The van der Waals surface area contributed by atoms with Gasteiger partial charge in [0.15, 0.2) is 0 Å². The van der Waals surface area contributed by atoms with Crippen LogP contribution in [0.3, 0.4) is 0 Å². The number of nitrogens with one attached hydrogen (secondary N) is 1. The van der Waals surface area contributed by atoms with Crippen molar-refractivity contribution >= 4 is 11.5 Å². The molecule has 0 saturated heterocycles. The fourth-order valence-corrected chi connectivity index (χ4v) is 1.21. The molecule has 1 amide bonds. The summed E-state index contributed by atoms with van der Waals surface area (Å²) < 4.78 is 0. The van der Waals surface area contributed by atoms with Crippen molar-refractivity contribution < 1.29 is 9.90 Å². The molecule has 0 bridgehead atoms. The molecular weight excluding hydrogens is 190 g/mol. The highest BCUT2D eigenvalue weighted by Gasteiger charge is 1.98. The minimum atomic E-state index is -0.176. The van der Waals surface area contributed by atoms with Crippen LogP contribution in [-0.2, 0) is 4.79 Å². The summed E-state index contributed by atoms with van der Waals surface area (Å²) in [5.41, 5.74) is 1.93. The molecule has 0 radical (unpaired) electrons. The molecule has 3 nitrogen and oxygen atoms in total. The third-order valence-electron chi connectivity index (χ3n) is 1.99. The van der Waals surface area contributed by atoms with Crippen molar-refractivity contribution in [1.29, 1.82) is 0 Å². The molecule has 1 rings (SSSR count). The van der Waals surface area contributed by atoms with Crippen LogP contribution in [-0.4, -0.2) is 24.2 Å². The van der Waals surface area contributed by atoms with Gasteiger partial charge in [-0.3, -0.25) is 4.79 Å². The summed E-state index contributed by atoms with van der Waals surface area (Å²) in [6, 6.07) is 9.69. The van der Waals surface area contributed by atoms with Gasteiger partial charge in [-0.15, -0.1) is 0 Å². The average Bonchev–Trinajstić information content (AvgIpc) is 2.27. The van der Waals surface area contributed by atoms with Crippen molar-refractivity contribution in [3.05, 3.63) is 42.0 Å². The Labute approximate surface area is 89.4 Å². The highest BCUT2D eigenvalue weighted by Crippen LogP contribution is 2.11. The number of benzene rings is 1. The number of hydrogen-bond acceptors (Lipinski definition) is 2. The van der Waals surface area contributed by atoms with Gasteiger partial charge < -0.3 is 10.4 Å². The molecule has 2 N–H and O–H groups in total. The van der Waals surface area contributed by atoms with Crippen LogP contribution in [0, 0.1) is 0 Å². The van der Waals surface area contributed by atoms with Gasteiger partial charge in [0.25, 0.3) is 0 Å². The lowest BCUT2D eigenvalue weighted by Crippen LogP contribution is -2.24. The van der Waals surface area contributed by atoms with E-state index in [2.05, 4.69) is 5.32 Å². The quantitative estimate of drug-likeness (QED) is 0.726. The van der Waals surface area contributed by atoms with Crippen molar-refractivity contribution in [2.75, 3.05) is 13.2 Å². The maximum Gasteiger partial charge on any atom is 0.244 e. The van der Waals surface area contributed by atoms with E-state index in [1.54, 1.807) is 0 Å². The van der Waals surface area contributed by atoms with Gasteiger partial charge in [-0.1, -0.05) is 30.3 Å². The number of carbonyl (C=O) groups is 1. The molecule has 0 unspecified atom stereocenters. The Morgan fingerprint density at radius 3 is 2.67 bits per heavy atom. The number of aliphatic hydroxyl groups excluding tert-OH is 1. The van der Waals surface area contributed by atoms with Gasteiger partial charge in [0.1, 0.15) is 0 Å². The summed E-state index contributed by atoms with van der Waals surface area (Å²) in [6.45, 7) is 2.13. The standard InChI is InChI=1S/C12H15NO2/c1-10(9-12(15)13-7-8-14)11-5-3-2-4-6-11/h2-6,9,14H,7-8H2,1H3,(H,13,15). The third kappa shape index (κ3) is 3.95. The molecule has 80 valence electrons. The van der Waals surface area contributed by atoms with Gasteiger partial charge in [0, 0.05) is 12.6 Å². The lowest BCUT2D eigenvalue weighted by Gasteiger charge is -2.02. The van der Waals surface area contributed by atoms with E-state index in [-0.39, 0.29) is 19.1 Å². The molecule has 0 fully saturated rings. The van der Waals surface area contributed by atoms with E-state index in [0.717, 1.165) is 11.1 Å². The zero-order valence-corrected chi connectivity index (χ0v) is 8.73. The molecule has 0 aliphatic heterocycles. The number of carbonyl (C=O) groups excluding carboxylic acids is 1. The summed E-state index contributed by atoms with van der Waals surface area (Å²) in [5.74, 6) is -0.176. The predicted molar refractivity (Wildman–Crippen MR) is 60.2 cm³/mol. The number of hydrogen-bond donors (Lipinski definition) is 2. The summed E-state index contributed by atoms with van der Waals surface area (Å²) in [7, 11) is 0. The van der Waals surface area contributed by atoms with Crippen LogP contribution in [0.15, 0.2) is 36.4 Å². The maximum atomic E-state index is 11.3. The molecule has 0 spiro atoms. The highest BCUT2D eigenvalue weighted by atomic mass is 16.3. The molecule has 0 aliphatic carbocycles. The smallest absolute Gasteiger partial charge is 0.244 e. The Hall–Kier alpha value is -1.61. The SMILES string of the molecule is CC(=CC(=O)NCCO)c1ccccc1. The molecule has 0 heterocycles. The Kier molecular flexibility index (Phi) is 4.57. The van der Waals surface area contributed by atoms with Crippen LogP contribution in [0.1, 0.15) is 12.5 Å². The van der Waals surface area contributed by atoms with Crippen molar-refractivity contribution in [2.45, 2.75) is 6.92 Å². The predicted octanol–water partition coefficient (Wildman–Crippen LogP) is 1.20. The molecule has 1 aromatic carbocycles. The van der Waals surface area contributed by atoms with Crippen LogP contribution >= 0.6 is 0 Å². The average molecular weight is 205 g/mol. The normalized spacial score (nSPS) is 11.2. The van der Waals surface area contributed by atoms with E-state index in [9.17, 15) is 4.79 Å². The Bertz CT molecular complexity index is 344. The van der Waals surface area contributed by atoms with E-state index >= 15 is 0 Å². The molecule has 15 heavy (non-hydrogen) atoms. The van der Waals surface area contributed by atoms with E-state index < -0.39 is 0 Å². The third-order valence-corrected chi connectivity index (χ3v) is 1.99. The fraction of sp³-hybridized carbons (Fsp3) is 0.250. The van der Waals surface area contributed by atoms with Crippen LogP contribution in [0.4, 0.5) is 0 Å². The molecular formula is C12H15NO2. The second kappa shape index (κ2) is 5.98. The molecule has 1 aromatic rings. The van der Waals surface area contributed by atoms with E-state index in [1.165, 1.54) is 6.08 Å². The summed E-state index contributed by atoms with van der Waals surface area (Å²) >= 11 is 0. The Balaban J connectivity index is 2.64. The first-order chi connectivity index (χ1) is 7.24. The Morgan fingerprint density at radius 1 is 1.40 bits per heavy atom. The van der Waals surface area contributed by atoms with Crippen molar-refractivity contribution in [3.8, 4) is 0 Å². The van der Waals surface area contributed by atoms with Crippen LogP contribution in [0.5, 0.6) is 0 Å². The zero-order chi connectivity index (χ0) is 11.1. The zero-order valence-electron chi connectivity index (χ0n) is 8.73. The lowest BCUT2D eigenvalue weighted by atomic mass is 10.1. The van der Waals surface area contributed by atoms with E-state index in [1.807, 2.05) is 37.3 Å². The monoisotopic (exact) mass is 205 g/mol.